The van der Waals surface area contributed by atoms with Gasteiger partial charge in [-0.05, 0) is 41.6 Å². The van der Waals surface area contributed by atoms with Crippen LogP contribution in [0, 0.1) is 3.57 Å². The van der Waals surface area contributed by atoms with Crippen molar-refractivity contribution in [1.29, 1.82) is 0 Å². The molecule has 2 rings (SSSR count). The van der Waals surface area contributed by atoms with Crippen molar-refractivity contribution in [3.05, 3.63) is 52.3 Å². The maximum Gasteiger partial charge on any atom is 0.0488 e. The molecule has 0 bridgehead atoms. The van der Waals surface area contributed by atoms with Crippen molar-refractivity contribution >= 4 is 28.3 Å². The zero-order chi connectivity index (χ0) is 12.8. The number of allylic oxidation sites excluding steroid dienone is 1. The summed E-state index contributed by atoms with van der Waals surface area (Å²) in [5.74, 6) is 0. The van der Waals surface area contributed by atoms with Crippen LogP contribution in [0.4, 0.5) is 5.69 Å². The van der Waals surface area contributed by atoms with Gasteiger partial charge in [0.25, 0.3) is 0 Å². The van der Waals surface area contributed by atoms with Crippen LogP contribution in [0.3, 0.4) is 0 Å². The Hall–Kier alpha value is -0.770. The van der Waals surface area contributed by atoms with Gasteiger partial charge >= 0.3 is 0 Å². The number of hydrogen-bond donors (Lipinski definition) is 0. The minimum Gasteiger partial charge on any atom is -0.338 e. The molecule has 0 aromatic heterocycles. The van der Waals surface area contributed by atoms with Gasteiger partial charge in [0.15, 0.2) is 0 Å². The van der Waals surface area contributed by atoms with E-state index in [4.69, 9.17) is 0 Å². The van der Waals surface area contributed by atoms with Crippen molar-refractivity contribution in [2.45, 2.75) is 32.2 Å². The number of anilines is 1. The fourth-order valence-corrected chi connectivity index (χ4v) is 3.65. The quantitative estimate of drug-likeness (QED) is 0.567. The standard InChI is InChI=1S/C15H18IN/c1-6-10(2)17-11(3)15(4,5)14-12(16)8-7-9-13(14)17/h6-10H,1,3H2,2,4-5H3. The summed E-state index contributed by atoms with van der Waals surface area (Å²) in [5.41, 5.74) is 3.83. The Morgan fingerprint density at radius 3 is 2.65 bits per heavy atom. The molecule has 17 heavy (non-hydrogen) atoms. The molecule has 1 unspecified atom stereocenters. The third-order valence-corrected chi connectivity index (χ3v) is 4.54. The normalized spacial score (nSPS) is 19.1. The summed E-state index contributed by atoms with van der Waals surface area (Å²) in [7, 11) is 0. The molecule has 2 heteroatoms. The van der Waals surface area contributed by atoms with Crippen molar-refractivity contribution in [2.24, 2.45) is 0 Å². The van der Waals surface area contributed by atoms with Crippen molar-refractivity contribution in [3.63, 3.8) is 0 Å². The minimum atomic E-state index is 0.00435. The summed E-state index contributed by atoms with van der Waals surface area (Å²) in [5, 5.41) is 0. The summed E-state index contributed by atoms with van der Waals surface area (Å²) in [6.07, 6.45) is 1.97. The average Bonchev–Trinajstić information content (AvgIpc) is 2.48. The van der Waals surface area contributed by atoms with E-state index in [-0.39, 0.29) is 11.5 Å². The van der Waals surface area contributed by atoms with E-state index in [9.17, 15) is 0 Å². The summed E-state index contributed by atoms with van der Waals surface area (Å²) >= 11 is 2.41. The van der Waals surface area contributed by atoms with E-state index in [1.54, 1.807) is 0 Å². The molecule has 0 aliphatic carbocycles. The van der Waals surface area contributed by atoms with E-state index in [0.29, 0.717) is 0 Å². The molecule has 1 atom stereocenters. The zero-order valence-electron chi connectivity index (χ0n) is 10.6. The highest BCUT2D eigenvalue weighted by Crippen LogP contribution is 2.49. The molecule has 0 fully saturated rings. The van der Waals surface area contributed by atoms with Gasteiger partial charge in [-0.15, -0.1) is 6.58 Å². The number of halogens is 1. The van der Waals surface area contributed by atoms with Crippen molar-refractivity contribution in [2.75, 3.05) is 4.90 Å². The SMILES string of the molecule is C=CC(C)N1C(=C)C(C)(C)c2c(I)cccc21. The molecule has 0 spiro atoms. The van der Waals surface area contributed by atoms with E-state index in [1.807, 2.05) is 6.08 Å². The molecule has 1 aliphatic heterocycles. The van der Waals surface area contributed by atoms with E-state index >= 15 is 0 Å². The minimum absolute atomic E-state index is 0.00435. The maximum absolute atomic E-state index is 4.29. The molecule has 0 N–H and O–H groups in total. The second-order valence-electron chi connectivity index (χ2n) is 5.05. The summed E-state index contributed by atoms with van der Waals surface area (Å²) in [6.45, 7) is 14.8. The predicted molar refractivity (Wildman–Crippen MR) is 83.5 cm³/mol. The van der Waals surface area contributed by atoms with Crippen LogP contribution in [0.25, 0.3) is 0 Å². The fraction of sp³-hybridized carbons (Fsp3) is 0.333. The third kappa shape index (κ3) is 1.73. The molecule has 1 aromatic carbocycles. The van der Waals surface area contributed by atoms with Gasteiger partial charge in [0.2, 0.25) is 0 Å². The molecule has 0 radical (unpaired) electrons. The highest BCUT2D eigenvalue weighted by molar-refractivity contribution is 14.1. The molecule has 1 heterocycles. The predicted octanol–water partition coefficient (Wildman–Crippen LogP) is 4.48. The average molecular weight is 339 g/mol. The lowest BCUT2D eigenvalue weighted by molar-refractivity contribution is 0.623. The lowest BCUT2D eigenvalue weighted by Gasteiger charge is -2.29. The summed E-state index contributed by atoms with van der Waals surface area (Å²) < 4.78 is 1.31. The Balaban J connectivity index is 2.68. The molecule has 1 nitrogen and oxygen atoms in total. The van der Waals surface area contributed by atoms with Crippen LogP contribution in [0.15, 0.2) is 43.1 Å². The molecule has 0 saturated carbocycles. The highest BCUT2D eigenvalue weighted by Gasteiger charge is 2.41. The second-order valence-corrected chi connectivity index (χ2v) is 6.21. The molecule has 0 amide bonds. The Kier molecular flexibility index (Phi) is 3.10. The zero-order valence-corrected chi connectivity index (χ0v) is 12.8. The first-order chi connectivity index (χ1) is 7.91. The van der Waals surface area contributed by atoms with E-state index in [1.165, 1.54) is 14.8 Å². The van der Waals surface area contributed by atoms with E-state index < -0.39 is 0 Å². The number of rotatable bonds is 2. The molecule has 1 aliphatic rings. The van der Waals surface area contributed by atoms with Gasteiger partial charge in [0.05, 0.1) is 0 Å². The van der Waals surface area contributed by atoms with Crippen LogP contribution >= 0.6 is 22.6 Å². The lowest BCUT2D eigenvalue weighted by atomic mass is 9.84. The maximum atomic E-state index is 4.29. The molecule has 0 saturated heterocycles. The lowest BCUT2D eigenvalue weighted by Crippen LogP contribution is -2.31. The number of fused-ring (bicyclic) bond motifs is 1. The largest absolute Gasteiger partial charge is 0.338 e. The molecule has 90 valence electrons. The monoisotopic (exact) mass is 339 g/mol. The van der Waals surface area contributed by atoms with Gasteiger partial charge in [-0.2, -0.15) is 0 Å². The Labute approximate surface area is 117 Å². The van der Waals surface area contributed by atoms with Gasteiger partial charge in [0.1, 0.15) is 0 Å². The topological polar surface area (TPSA) is 3.24 Å². The van der Waals surface area contributed by atoms with Crippen LogP contribution in [0.1, 0.15) is 26.3 Å². The van der Waals surface area contributed by atoms with E-state index in [2.05, 4.69) is 79.6 Å². The van der Waals surface area contributed by atoms with Gasteiger partial charge in [-0.1, -0.05) is 32.6 Å². The van der Waals surface area contributed by atoms with Gasteiger partial charge in [-0.25, -0.2) is 0 Å². The Morgan fingerprint density at radius 1 is 1.41 bits per heavy atom. The first-order valence-electron chi connectivity index (χ1n) is 5.81. The molecule has 1 aromatic rings. The van der Waals surface area contributed by atoms with Crippen molar-refractivity contribution in [3.8, 4) is 0 Å². The van der Waals surface area contributed by atoms with Gasteiger partial charge in [0, 0.05) is 32.0 Å². The van der Waals surface area contributed by atoms with Crippen LogP contribution in [-0.2, 0) is 5.41 Å². The Bertz CT molecular complexity index is 488. The molecular weight excluding hydrogens is 321 g/mol. The van der Waals surface area contributed by atoms with Crippen molar-refractivity contribution < 1.29 is 0 Å². The number of nitrogens with zero attached hydrogens (tertiary/aromatic N) is 1. The summed E-state index contributed by atoms with van der Waals surface area (Å²) in [6, 6.07) is 6.73. The summed E-state index contributed by atoms with van der Waals surface area (Å²) in [4.78, 5) is 2.30. The van der Waals surface area contributed by atoms with Crippen LogP contribution < -0.4 is 4.90 Å². The third-order valence-electron chi connectivity index (χ3n) is 3.64. The van der Waals surface area contributed by atoms with Crippen LogP contribution in [0.2, 0.25) is 0 Å². The first kappa shape index (κ1) is 12.7. The van der Waals surface area contributed by atoms with Crippen LogP contribution in [-0.4, -0.2) is 6.04 Å². The number of benzene rings is 1. The fourth-order valence-electron chi connectivity index (χ4n) is 2.49. The highest BCUT2D eigenvalue weighted by atomic mass is 127. The van der Waals surface area contributed by atoms with Gasteiger partial charge < -0.3 is 4.90 Å². The molecular formula is C15H18IN. The van der Waals surface area contributed by atoms with E-state index in [0.717, 1.165) is 5.70 Å². The smallest absolute Gasteiger partial charge is 0.0488 e. The second kappa shape index (κ2) is 4.16. The first-order valence-corrected chi connectivity index (χ1v) is 6.89. The number of hydrogen-bond acceptors (Lipinski definition) is 1. The van der Waals surface area contributed by atoms with Gasteiger partial charge in [-0.3, -0.25) is 0 Å². The van der Waals surface area contributed by atoms with Crippen molar-refractivity contribution in [1.82, 2.24) is 0 Å². The Morgan fingerprint density at radius 2 is 2.06 bits per heavy atom. The van der Waals surface area contributed by atoms with Crippen LogP contribution in [0.5, 0.6) is 0 Å².